The number of nitriles is 1. The molecule has 0 saturated heterocycles. The summed E-state index contributed by atoms with van der Waals surface area (Å²) in [6, 6.07) is 7.30. The van der Waals surface area contributed by atoms with E-state index in [4.69, 9.17) is 34.2 Å². The first-order valence-electron chi connectivity index (χ1n) is 6.93. The number of hydrogen-bond acceptors (Lipinski definition) is 4. The van der Waals surface area contributed by atoms with Gasteiger partial charge < -0.3 is 10.8 Å². The molecule has 8 heteroatoms. The number of thioether (sulfide) groups is 1. The predicted molar refractivity (Wildman–Crippen MR) is 96.1 cm³/mol. The Hall–Kier alpha value is -1.26. The number of amidine groups is 1. The normalized spacial score (nSPS) is 19.3. The van der Waals surface area contributed by atoms with Crippen molar-refractivity contribution in [1.82, 2.24) is 0 Å². The lowest BCUT2D eigenvalue weighted by Gasteiger charge is -2.32. The van der Waals surface area contributed by atoms with Gasteiger partial charge in [0.15, 0.2) is 5.17 Å². The molecule has 1 fully saturated rings. The van der Waals surface area contributed by atoms with Crippen LogP contribution in [0.3, 0.4) is 0 Å². The monoisotopic (exact) mass is 370 g/mol. The van der Waals surface area contributed by atoms with Crippen molar-refractivity contribution in [1.29, 1.82) is 5.26 Å². The number of aliphatic hydroxyl groups is 1. The van der Waals surface area contributed by atoms with Crippen LogP contribution < -0.4 is 5.73 Å². The lowest BCUT2D eigenvalue weighted by Crippen LogP contribution is -2.46. The van der Waals surface area contributed by atoms with Crippen molar-refractivity contribution in [2.45, 2.75) is 29.7 Å². The number of halogens is 2. The van der Waals surface area contributed by atoms with Gasteiger partial charge in [-0.2, -0.15) is 5.26 Å². The van der Waals surface area contributed by atoms with Crippen LogP contribution in [0.15, 0.2) is 34.3 Å². The van der Waals surface area contributed by atoms with E-state index in [1.807, 2.05) is 23.6 Å². The van der Waals surface area contributed by atoms with E-state index in [1.165, 1.54) is 0 Å². The van der Waals surface area contributed by atoms with E-state index in [0.717, 1.165) is 23.7 Å². The molecule has 2 rings (SSSR count). The van der Waals surface area contributed by atoms with Crippen LogP contribution in [0.4, 0.5) is 0 Å². The molecule has 0 spiro atoms. The Bertz CT molecular complexity index is 670. The fourth-order valence-corrected chi connectivity index (χ4v) is 3.04. The highest BCUT2D eigenvalue weighted by molar-refractivity contribution is 8.17. The fraction of sp³-hybridized carbons (Fsp3) is 0.400. The van der Waals surface area contributed by atoms with Gasteiger partial charge in [0.05, 0.1) is 17.8 Å². The van der Waals surface area contributed by atoms with E-state index in [-0.39, 0.29) is 18.1 Å². The smallest absolute Gasteiger partial charge is 0.199 e. The van der Waals surface area contributed by atoms with Gasteiger partial charge in [-0.15, -0.1) is 11.6 Å². The molecule has 1 aliphatic carbocycles. The summed E-state index contributed by atoms with van der Waals surface area (Å²) in [6.45, 7) is 0.0169. The second-order valence-corrected chi connectivity index (χ2v) is 7.22. The molecule has 1 aromatic carbocycles. The Morgan fingerprint density at radius 1 is 1.52 bits per heavy atom. The van der Waals surface area contributed by atoms with Crippen LogP contribution >= 0.6 is 35.0 Å². The SMILES string of the molecule is N#CSC(=NCC(O)(Cc1ccccc1Cl)C1(Cl)CC1)/N=C\N. The van der Waals surface area contributed by atoms with E-state index < -0.39 is 10.5 Å². The van der Waals surface area contributed by atoms with Crippen LogP contribution in [-0.2, 0) is 6.42 Å². The molecule has 0 amide bonds. The molecule has 0 aromatic heterocycles. The van der Waals surface area contributed by atoms with E-state index in [9.17, 15) is 5.11 Å². The summed E-state index contributed by atoms with van der Waals surface area (Å²) >= 11 is 13.5. The molecule has 0 aliphatic heterocycles. The number of thiocyanates is 1. The minimum atomic E-state index is -1.27. The Kier molecular flexibility index (Phi) is 5.93. The van der Waals surface area contributed by atoms with Crippen LogP contribution in [-0.4, -0.2) is 33.6 Å². The van der Waals surface area contributed by atoms with Gasteiger partial charge in [0, 0.05) is 23.2 Å². The first kappa shape index (κ1) is 18.1. The van der Waals surface area contributed by atoms with Crippen molar-refractivity contribution in [2.24, 2.45) is 15.7 Å². The quantitative estimate of drug-likeness (QED) is 0.360. The topological polar surface area (TPSA) is 94.8 Å². The van der Waals surface area contributed by atoms with Crippen LogP contribution in [0.5, 0.6) is 0 Å². The Balaban J connectivity index is 2.25. The van der Waals surface area contributed by atoms with Crippen LogP contribution in [0.1, 0.15) is 18.4 Å². The van der Waals surface area contributed by atoms with Crippen LogP contribution in [0, 0.1) is 10.7 Å². The van der Waals surface area contributed by atoms with Crippen molar-refractivity contribution in [2.75, 3.05) is 6.54 Å². The first-order valence-corrected chi connectivity index (χ1v) is 8.51. The summed E-state index contributed by atoms with van der Waals surface area (Å²) in [5, 5.41) is 22.5. The van der Waals surface area contributed by atoms with Gasteiger partial charge in [0.25, 0.3) is 0 Å². The number of aliphatic imine (C=N–C) groups is 2. The number of nitrogens with two attached hydrogens (primary N) is 1. The molecule has 1 unspecified atom stereocenters. The average Bonchev–Trinajstić information content (AvgIpc) is 3.27. The second-order valence-electron chi connectivity index (χ2n) is 5.34. The molecule has 0 heterocycles. The highest BCUT2D eigenvalue weighted by atomic mass is 35.5. The van der Waals surface area contributed by atoms with E-state index in [2.05, 4.69) is 9.98 Å². The molecular formula is C15H16Cl2N4OS. The van der Waals surface area contributed by atoms with E-state index in [1.54, 1.807) is 6.07 Å². The third-order valence-corrected chi connectivity index (χ3v) is 5.37. The zero-order chi connectivity index (χ0) is 16.9. The molecule has 1 aromatic rings. The molecule has 23 heavy (non-hydrogen) atoms. The highest BCUT2D eigenvalue weighted by Crippen LogP contribution is 2.52. The summed E-state index contributed by atoms with van der Waals surface area (Å²) < 4.78 is 0. The number of hydrogen-bond donors (Lipinski definition) is 2. The van der Waals surface area contributed by atoms with Gasteiger partial charge in [-0.05, 0) is 24.5 Å². The van der Waals surface area contributed by atoms with Gasteiger partial charge >= 0.3 is 0 Å². The summed E-state index contributed by atoms with van der Waals surface area (Å²) in [5.74, 6) is 0. The summed E-state index contributed by atoms with van der Waals surface area (Å²) in [7, 11) is 0. The van der Waals surface area contributed by atoms with Crippen molar-refractivity contribution in [3.8, 4) is 5.40 Å². The average molecular weight is 371 g/mol. The Labute approximate surface area is 149 Å². The molecule has 122 valence electrons. The number of benzene rings is 1. The molecule has 3 N–H and O–H groups in total. The number of rotatable bonds is 5. The zero-order valence-corrected chi connectivity index (χ0v) is 14.6. The maximum Gasteiger partial charge on any atom is 0.199 e. The van der Waals surface area contributed by atoms with E-state index >= 15 is 0 Å². The second kappa shape index (κ2) is 7.54. The molecule has 1 saturated carbocycles. The minimum Gasteiger partial charge on any atom is -0.390 e. The number of alkyl halides is 1. The van der Waals surface area contributed by atoms with Crippen molar-refractivity contribution in [3.63, 3.8) is 0 Å². The summed E-state index contributed by atoms with van der Waals surface area (Å²) in [5.41, 5.74) is 4.77. The van der Waals surface area contributed by atoms with Crippen LogP contribution in [0.2, 0.25) is 5.02 Å². The fourth-order valence-electron chi connectivity index (χ4n) is 2.29. The van der Waals surface area contributed by atoms with Crippen molar-refractivity contribution >= 4 is 46.5 Å². The largest absolute Gasteiger partial charge is 0.390 e. The molecule has 5 nitrogen and oxygen atoms in total. The third-order valence-electron chi connectivity index (χ3n) is 3.76. The Morgan fingerprint density at radius 2 is 2.22 bits per heavy atom. The first-order chi connectivity index (χ1) is 10.9. The van der Waals surface area contributed by atoms with Gasteiger partial charge in [-0.25, -0.2) is 4.99 Å². The van der Waals surface area contributed by atoms with Gasteiger partial charge in [-0.3, -0.25) is 4.99 Å². The van der Waals surface area contributed by atoms with E-state index in [0.29, 0.717) is 17.9 Å². The molecule has 0 radical (unpaired) electrons. The lowest BCUT2D eigenvalue weighted by molar-refractivity contribution is 0.0377. The molecular weight excluding hydrogens is 355 g/mol. The predicted octanol–water partition coefficient (Wildman–Crippen LogP) is 2.94. The molecule has 0 bridgehead atoms. The maximum absolute atomic E-state index is 11.1. The third kappa shape index (κ3) is 4.39. The summed E-state index contributed by atoms with van der Waals surface area (Å²) in [4.78, 5) is 7.28. The Morgan fingerprint density at radius 3 is 2.78 bits per heavy atom. The minimum absolute atomic E-state index is 0.0169. The van der Waals surface area contributed by atoms with Crippen molar-refractivity contribution in [3.05, 3.63) is 34.9 Å². The van der Waals surface area contributed by atoms with Crippen LogP contribution in [0.25, 0.3) is 0 Å². The molecule has 1 aliphatic rings. The number of nitrogens with zero attached hydrogens (tertiary/aromatic N) is 3. The van der Waals surface area contributed by atoms with Crippen molar-refractivity contribution < 1.29 is 5.11 Å². The zero-order valence-electron chi connectivity index (χ0n) is 12.2. The van der Waals surface area contributed by atoms with Gasteiger partial charge in [0.2, 0.25) is 0 Å². The standard InChI is InChI=1S/C15H16Cl2N4OS/c16-12-4-2-1-3-11(12)7-15(22,14(17)5-6-14)8-20-13(21-9-18)23-10-19/h1-4,9,22H,5-8H2,(H2,18,20,21). The molecule has 1 atom stereocenters. The summed E-state index contributed by atoms with van der Waals surface area (Å²) in [6.07, 6.45) is 2.73. The maximum atomic E-state index is 11.1. The highest BCUT2D eigenvalue weighted by Gasteiger charge is 2.57. The van der Waals surface area contributed by atoms with Gasteiger partial charge in [-0.1, -0.05) is 29.8 Å². The lowest BCUT2D eigenvalue weighted by atomic mass is 9.89. The van der Waals surface area contributed by atoms with Gasteiger partial charge in [0.1, 0.15) is 11.0 Å².